The molecule has 2 heterocycles. The highest BCUT2D eigenvalue weighted by Crippen LogP contribution is 2.34. The molecule has 0 unspecified atom stereocenters. The predicted molar refractivity (Wildman–Crippen MR) is 129 cm³/mol. The lowest BCUT2D eigenvalue weighted by Crippen LogP contribution is -2.30. The second-order valence-corrected chi connectivity index (χ2v) is 9.01. The molecule has 0 spiro atoms. The molecular formula is C26H31N5O2. The number of likely N-dealkylation sites (tertiary alicyclic amines) is 1. The lowest BCUT2D eigenvalue weighted by Gasteiger charge is -2.19. The number of carbonyl (C=O) groups excluding carboxylic acids is 2. The van der Waals surface area contributed by atoms with Crippen molar-refractivity contribution >= 4 is 17.5 Å². The molecule has 4 rings (SSSR count). The SMILES string of the molecule is CC(=O)N1C[C@H](C(=O)Nc2ccc(Cn3cccn3)cc2)[C@@H](c2ccc(CN(C)C)cc2)C1. The molecular weight excluding hydrogens is 414 g/mol. The summed E-state index contributed by atoms with van der Waals surface area (Å²) >= 11 is 0. The lowest BCUT2D eigenvalue weighted by molar-refractivity contribution is -0.128. The van der Waals surface area contributed by atoms with E-state index in [0.29, 0.717) is 19.6 Å². The summed E-state index contributed by atoms with van der Waals surface area (Å²) in [5.41, 5.74) is 4.18. The number of nitrogens with zero attached hydrogens (tertiary/aromatic N) is 4. The molecule has 1 aliphatic rings. The minimum Gasteiger partial charge on any atom is -0.341 e. The third-order valence-corrected chi connectivity index (χ3v) is 6.13. The zero-order valence-corrected chi connectivity index (χ0v) is 19.4. The van der Waals surface area contributed by atoms with Crippen molar-refractivity contribution in [2.75, 3.05) is 32.5 Å². The zero-order valence-electron chi connectivity index (χ0n) is 19.4. The molecule has 3 aromatic rings. The molecule has 172 valence electrons. The van der Waals surface area contributed by atoms with E-state index in [4.69, 9.17) is 0 Å². The van der Waals surface area contributed by atoms with Gasteiger partial charge in [0, 0.05) is 50.6 Å². The maximum Gasteiger partial charge on any atom is 0.229 e. The second kappa shape index (κ2) is 10.0. The van der Waals surface area contributed by atoms with Crippen LogP contribution in [0.15, 0.2) is 67.0 Å². The second-order valence-electron chi connectivity index (χ2n) is 9.01. The van der Waals surface area contributed by atoms with E-state index in [1.165, 1.54) is 5.56 Å². The van der Waals surface area contributed by atoms with Crippen molar-refractivity contribution in [3.05, 3.63) is 83.7 Å². The summed E-state index contributed by atoms with van der Waals surface area (Å²) in [6.07, 6.45) is 3.68. The van der Waals surface area contributed by atoms with E-state index in [0.717, 1.165) is 23.4 Å². The monoisotopic (exact) mass is 445 g/mol. The van der Waals surface area contributed by atoms with Crippen molar-refractivity contribution in [1.29, 1.82) is 0 Å². The number of nitrogens with one attached hydrogen (secondary N) is 1. The van der Waals surface area contributed by atoms with Crippen molar-refractivity contribution in [3.8, 4) is 0 Å². The number of aromatic nitrogens is 2. The minimum atomic E-state index is -0.294. The summed E-state index contributed by atoms with van der Waals surface area (Å²) in [6.45, 7) is 4.11. The summed E-state index contributed by atoms with van der Waals surface area (Å²) in [6, 6.07) is 18.1. The van der Waals surface area contributed by atoms with E-state index < -0.39 is 0 Å². The highest BCUT2D eigenvalue weighted by Gasteiger charge is 2.39. The number of benzene rings is 2. The van der Waals surface area contributed by atoms with Crippen LogP contribution in [0.3, 0.4) is 0 Å². The molecule has 7 nitrogen and oxygen atoms in total. The molecule has 7 heteroatoms. The highest BCUT2D eigenvalue weighted by molar-refractivity contribution is 5.94. The Labute approximate surface area is 195 Å². The molecule has 33 heavy (non-hydrogen) atoms. The summed E-state index contributed by atoms with van der Waals surface area (Å²) in [5, 5.41) is 7.29. The van der Waals surface area contributed by atoms with E-state index >= 15 is 0 Å². The van der Waals surface area contributed by atoms with Crippen LogP contribution in [0.4, 0.5) is 5.69 Å². The summed E-state index contributed by atoms with van der Waals surface area (Å²) in [4.78, 5) is 29.2. The number of hydrogen-bond acceptors (Lipinski definition) is 4. The van der Waals surface area contributed by atoms with Gasteiger partial charge < -0.3 is 15.1 Å². The number of hydrogen-bond donors (Lipinski definition) is 1. The fourth-order valence-corrected chi connectivity index (χ4v) is 4.41. The van der Waals surface area contributed by atoms with Crippen LogP contribution in [0.5, 0.6) is 0 Å². The summed E-state index contributed by atoms with van der Waals surface area (Å²) in [5.74, 6) is -0.373. The van der Waals surface area contributed by atoms with Gasteiger partial charge >= 0.3 is 0 Å². The summed E-state index contributed by atoms with van der Waals surface area (Å²) < 4.78 is 1.86. The van der Waals surface area contributed by atoms with Gasteiger partial charge in [-0.05, 0) is 49.0 Å². The van der Waals surface area contributed by atoms with Gasteiger partial charge in [-0.2, -0.15) is 5.10 Å². The Morgan fingerprint density at radius 3 is 2.33 bits per heavy atom. The van der Waals surface area contributed by atoms with E-state index in [2.05, 4.69) is 39.6 Å². The van der Waals surface area contributed by atoms with Crippen LogP contribution in [0.1, 0.15) is 29.5 Å². The average Bonchev–Trinajstić information content (AvgIpc) is 3.45. The Bertz CT molecular complexity index is 1070. The first-order valence-electron chi connectivity index (χ1n) is 11.3. The third kappa shape index (κ3) is 5.68. The van der Waals surface area contributed by atoms with Crippen LogP contribution in [0.25, 0.3) is 0 Å². The van der Waals surface area contributed by atoms with Gasteiger partial charge in [-0.1, -0.05) is 36.4 Å². The average molecular weight is 446 g/mol. The highest BCUT2D eigenvalue weighted by atomic mass is 16.2. The fraction of sp³-hybridized carbons (Fsp3) is 0.346. The van der Waals surface area contributed by atoms with Crippen molar-refractivity contribution in [3.63, 3.8) is 0 Å². The number of amides is 2. The fourth-order valence-electron chi connectivity index (χ4n) is 4.41. The quantitative estimate of drug-likeness (QED) is 0.606. The van der Waals surface area contributed by atoms with E-state index in [1.54, 1.807) is 18.0 Å². The molecule has 0 aliphatic carbocycles. The molecule has 1 fully saturated rings. The van der Waals surface area contributed by atoms with Crippen LogP contribution in [-0.4, -0.2) is 58.6 Å². The normalized spacial score (nSPS) is 18.0. The van der Waals surface area contributed by atoms with Crippen LogP contribution >= 0.6 is 0 Å². The van der Waals surface area contributed by atoms with Gasteiger partial charge in [0.25, 0.3) is 0 Å². The molecule has 1 N–H and O–H groups in total. The van der Waals surface area contributed by atoms with Crippen molar-refractivity contribution in [1.82, 2.24) is 19.6 Å². The minimum absolute atomic E-state index is 0.00232. The van der Waals surface area contributed by atoms with E-state index in [1.807, 2.05) is 55.3 Å². The largest absolute Gasteiger partial charge is 0.341 e. The molecule has 2 atom stereocenters. The standard InChI is InChI=1S/C26H31N5O2/c1-19(32)30-17-24(22-9-5-20(6-10-22)15-29(2)3)25(18-30)26(33)28-23-11-7-21(8-12-23)16-31-14-4-13-27-31/h4-14,24-25H,15-18H2,1-3H3,(H,28,33)/t24-,25+/m1/s1. The molecule has 1 aromatic heterocycles. The first-order valence-corrected chi connectivity index (χ1v) is 11.3. The Kier molecular flexibility index (Phi) is 6.89. The van der Waals surface area contributed by atoms with Gasteiger partial charge in [0.2, 0.25) is 11.8 Å². The van der Waals surface area contributed by atoms with E-state index in [9.17, 15) is 9.59 Å². The first kappa shape index (κ1) is 22.7. The van der Waals surface area contributed by atoms with Gasteiger partial charge in [-0.25, -0.2) is 0 Å². The van der Waals surface area contributed by atoms with Crippen LogP contribution in [0.2, 0.25) is 0 Å². The predicted octanol–water partition coefficient (Wildman–Crippen LogP) is 3.19. The molecule has 0 saturated carbocycles. The molecule has 2 aromatic carbocycles. The van der Waals surface area contributed by atoms with Gasteiger partial charge in [0.05, 0.1) is 12.5 Å². The van der Waals surface area contributed by atoms with Crippen LogP contribution in [-0.2, 0) is 22.7 Å². The number of rotatable bonds is 7. The molecule has 1 aliphatic heterocycles. The Morgan fingerprint density at radius 1 is 1.03 bits per heavy atom. The van der Waals surface area contributed by atoms with Crippen LogP contribution < -0.4 is 5.32 Å². The van der Waals surface area contributed by atoms with Gasteiger partial charge in [-0.15, -0.1) is 0 Å². The van der Waals surface area contributed by atoms with Crippen LogP contribution in [0, 0.1) is 5.92 Å². The molecule has 0 bridgehead atoms. The Hall–Kier alpha value is -3.45. The maximum absolute atomic E-state index is 13.3. The first-order chi connectivity index (χ1) is 15.9. The third-order valence-electron chi connectivity index (χ3n) is 6.13. The molecule has 0 radical (unpaired) electrons. The topological polar surface area (TPSA) is 70.5 Å². The van der Waals surface area contributed by atoms with Crippen molar-refractivity contribution < 1.29 is 9.59 Å². The smallest absolute Gasteiger partial charge is 0.229 e. The zero-order chi connectivity index (χ0) is 23.4. The van der Waals surface area contributed by atoms with E-state index in [-0.39, 0.29) is 23.7 Å². The maximum atomic E-state index is 13.3. The Morgan fingerprint density at radius 2 is 1.73 bits per heavy atom. The Balaban J connectivity index is 1.46. The van der Waals surface area contributed by atoms with Crippen molar-refractivity contribution in [2.24, 2.45) is 5.92 Å². The molecule has 2 amide bonds. The number of carbonyl (C=O) groups is 2. The molecule has 1 saturated heterocycles. The van der Waals surface area contributed by atoms with Gasteiger partial charge in [-0.3, -0.25) is 14.3 Å². The van der Waals surface area contributed by atoms with Gasteiger partial charge in [0.1, 0.15) is 0 Å². The van der Waals surface area contributed by atoms with Crippen molar-refractivity contribution in [2.45, 2.75) is 25.9 Å². The lowest BCUT2D eigenvalue weighted by atomic mass is 9.88. The summed E-state index contributed by atoms with van der Waals surface area (Å²) in [7, 11) is 4.08. The number of anilines is 1. The van der Waals surface area contributed by atoms with Gasteiger partial charge in [0.15, 0.2) is 0 Å².